The maximum atomic E-state index is 13.0. The number of nitrogens with one attached hydrogen (secondary N) is 1. The van der Waals surface area contributed by atoms with Gasteiger partial charge in [-0.25, -0.2) is 4.39 Å². The maximum absolute atomic E-state index is 13.0. The zero-order valence-electron chi connectivity index (χ0n) is 10.7. The van der Waals surface area contributed by atoms with Crippen molar-refractivity contribution in [3.63, 3.8) is 0 Å². The predicted octanol–water partition coefficient (Wildman–Crippen LogP) is 3.31. The summed E-state index contributed by atoms with van der Waals surface area (Å²) in [6.45, 7) is 0. The number of amides is 1. The molecule has 0 heterocycles. The molecule has 1 aliphatic carbocycles. The molecule has 1 amide bonds. The molecule has 0 saturated heterocycles. The summed E-state index contributed by atoms with van der Waals surface area (Å²) in [5.41, 5.74) is 0.371. The van der Waals surface area contributed by atoms with Crippen molar-refractivity contribution >= 4 is 29.2 Å². The largest absolute Gasteiger partial charge is 0.481 e. The molecule has 1 aromatic carbocycles. The fourth-order valence-electron chi connectivity index (χ4n) is 2.55. The van der Waals surface area contributed by atoms with Crippen molar-refractivity contribution in [2.75, 3.05) is 5.32 Å². The summed E-state index contributed by atoms with van der Waals surface area (Å²) in [6, 6.07) is 3.87. The lowest BCUT2D eigenvalue weighted by Crippen LogP contribution is -2.36. The van der Waals surface area contributed by atoms with Crippen LogP contribution in [-0.4, -0.2) is 17.0 Å². The molecule has 2 atom stereocenters. The van der Waals surface area contributed by atoms with Crippen LogP contribution < -0.4 is 5.32 Å². The summed E-state index contributed by atoms with van der Waals surface area (Å²) in [5.74, 6) is -3.06. The first-order chi connectivity index (χ1) is 9.49. The van der Waals surface area contributed by atoms with Crippen LogP contribution in [0.4, 0.5) is 10.1 Å². The molecular weight excluding hydrogens is 285 g/mol. The normalized spacial score (nSPS) is 22.3. The van der Waals surface area contributed by atoms with Gasteiger partial charge in [-0.05, 0) is 31.0 Å². The summed E-state index contributed by atoms with van der Waals surface area (Å²) < 4.78 is 13.0. The lowest BCUT2D eigenvalue weighted by Gasteiger charge is -2.27. The van der Waals surface area contributed by atoms with E-state index in [-0.39, 0.29) is 10.9 Å². The standard InChI is InChI=1S/C14H15ClFNO3/c15-11-7-8(5-6-12(11)16)17-13(18)9-3-1-2-4-10(9)14(19)20/h5-7,9-10H,1-4H2,(H,17,18)(H,19,20)/t9-,10+/m0/s1. The third kappa shape index (κ3) is 3.28. The molecule has 1 fully saturated rings. The van der Waals surface area contributed by atoms with Crippen LogP contribution in [0.1, 0.15) is 25.7 Å². The van der Waals surface area contributed by atoms with Crippen LogP contribution in [0.3, 0.4) is 0 Å². The third-order valence-corrected chi connectivity index (χ3v) is 3.90. The molecule has 0 aromatic heterocycles. The highest BCUT2D eigenvalue weighted by Gasteiger charge is 2.35. The van der Waals surface area contributed by atoms with E-state index < -0.39 is 23.6 Å². The number of hydrogen-bond acceptors (Lipinski definition) is 2. The fourth-order valence-corrected chi connectivity index (χ4v) is 2.73. The molecule has 1 saturated carbocycles. The van der Waals surface area contributed by atoms with Crippen LogP contribution in [0.15, 0.2) is 18.2 Å². The van der Waals surface area contributed by atoms with Gasteiger partial charge in [-0.3, -0.25) is 9.59 Å². The lowest BCUT2D eigenvalue weighted by molar-refractivity contribution is -0.147. The van der Waals surface area contributed by atoms with Crippen LogP contribution in [0.25, 0.3) is 0 Å². The van der Waals surface area contributed by atoms with E-state index >= 15 is 0 Å². The van der Waals surface area contributed by atoms with Gasteiger partial charge in [-0.1, -0.05) is 24.4 Å². The molecule has 20 heavy (non-hydrogen) atoms. The molecule has 0 unspecified atom stereocenters. The van der Waals surface area contributed by atoms with Crippen molar-refractivity contribution in [3.8, 4) is 0 Å². The average Bonchev–Trinajstić information content (AvgIpc) is 2.43. The second-order valence-electron chi connectivity index (χ2n) is 4.95. The highest BCUT2D eigenvalue weighted by molar-refractivity contribution is 6.31. The monoisotopic (exact) mass is 299 g/mol. The predicted molar refractivity (Wildman–Crippen MR) is 73.1 cm³/mol. The van der Waals surface area contributed by atoms with Gasteiger partial charge in [-0.15, -0.1) is 0 Å². The summed E-state index contributed by atoms with van der Waals surface area (Å²) in [7, 11) is 0. The Labute approximate surface area is 120 Å². The number of halogens is 2. The van der Waals surface area contributed by atoms with E-state index in [1.807, 2.05) is 0 Å². The van der Waals surface area contributed by atoms with E-state index in [1.165, 1.54) is 12.1 Å². The van der Waals surface area contributed by atoms with E-state index in [2.05, 4.69) is 5.32 Å². The van der Waals surface area contributed by atoms with Crippen LogP contribution in [0.2, 0.25) is 5.02 Å². The average molecular weight is 300 g/mol. The Morgan fingerprint density at radius 2 is 1.90 bits per heavy atom. The Kier molecular flexibility index (Phi) is 4.60. The number of hydrogen-bond donors (Lipinski definition) is 2. The number of aliphatic carboxylic acids is 1. The van der Waals surface area contributed by atoms with Gasteiger partial charge in [0.1, 0.15) is 5.82 Å². The number of rotatable bonds is 3. The number of carbonyl (C=O) groups excluding carboxylic acids is 1. The van der Waals surface area contributed by atoms with E-state index in [4.69, 9.17) is 16.7 Å². The summed E-state index contributed by atoms with van der Waals surface area (Å²) in [4.78, 5) is 23.3. The Morgan fingerprint density at radius 3 is 2.50 bits per heavy atom. The van der Waals surface area contributed by atoms with Gasteiger partial charge in [-0.2, -0.15) is 0 Å². The molecule has 0 spiro atoms. The highest BCUT2D eigenvalue weighted by atomic mass is 35.5. The minimum atomic E-state index is -0.943. The van der Waals surface area contributed by atoms with Crippen molar-refractivity contribution in [3.05, 3.63) is 29.0 Å². The number of carboxylic acid groups (broad SMARTS) is 1. The van der Waals surface area contributed by atoms with Crippen LogP contribution in [-0.2, 0) is 9.59 Å². The SMILES string of the molecule is O=C(Nc1ccc(F)c(Cl)c1)[C@H]1CCCC[C@H]1C(=O)O. The molecule has 0 aliphatic heterocycles. The first-order valence-electron chi connectivity index (χ1n) is 6.48. The van der Waals surface area contributed by atoms with Gasteiger partial charge in [0.05, 0.1) is 16.9 Å². The van der Waals surface area contributed by atoms with Gasteiger partial charge in [0.15, 0.2) is 0 Å². The molecule has 6 heteroatoms. The molecule has 1 aromatic rings. The van der Waals surface area contributed by atoms with Crippen molar-refractivity contribution in [1.29, 1.82) is 0 Å². The second kappa shape index (κ2) is 6.22. The van der Waals surface area contributed by atoms with Gasteiger partial charge in [0.2, 0.25) is 5.91 Å². The molecule has 1 aliphatic rings. The lowest BCUT2D eigenvalue weighted by atomic mass is 9.78. The topological polar surface area (TPSA) is 66.4 Å². The van der Waals surface area contributed by atoms with Gasteiger partial charge in [0.25, 0.3) is 0 Å². The fraction of sp³-hybridized carbons (Fsp3) is 0.429. The summed E-state index contributed by atoms with van der Waals surface area (Å²) in [6.07, 6.45) is 2.73. The van der Waals surface area contributed by atoms with Crippen molar-refractivity contribution in [2.24, 2.45) is 11.8 Å². The van der Waals surface area contributed by atoms with Crippen LogP contribution in [0, 0.1) is 17.7 Å². The zero-order chi connectivity index (χ0) is 14.7. The smallest absolute Gasteiger partial charge is 0.307 e. The number of anilines is 1. The molecule has 2 N–H and O–H groups in total. The van der Waals surface area contributed by atoms with Gasteiger partial charge < -0.3 is 10.4 Å². The van der Waals surface area contributed by atoms with E-state index in [0.29, 0.717) is 18.5 Å². The first-order valence-corrected chi connectivity index (χ1v) is 6.85. The van der Waals surface area contributed by atoms with Crippen molar-refractivity contribution < 1.29 is 19.1 Å². The molecule has 0 radical (unpaired) electrons. The van der Waals surface area contributed by atoms with E-state index in [9.17, 15) is 14.0 Å². The second-order valence-corrected chi connectivity index (χ2v) is 5.36. The quantitative estimate of drug-likeness (QED) is 0.900. The molecule has 0 bridgehead atoms. The van der Waals surface area contributed by atoms with E-state index in [0.717, 1.165) is 18.9 Å². The summed E-state index contributed by atoms with van der Waals surface area (Å²) in [5, 5.41) is 11.7. The Bertz CT molecular complexity index is 535. The molecule has 108 valence electrons. The maximum Gasteiger partial charge on any atom is 0.307 e. The van der Waals surface area contributed by atoms with Crippen molar-refractivity contribution in [2.45, 2.75) is 25.7 Å². The summed E-state index contributed by atoms with van der Waals surface area (Å²) >= 11 is 5.64. The molecular formula is C14H15ClFNO3. The number of carbonyl (C=O) groups is 2. The highest BCUT2D eigenvalue weighted by Crippen LogP contribution is 2.31. The van der Waals surface area contributed by atoms with Crippen LogP contribution >= 0.6 is 11.6 Å². The van der Waals surface area contributed by atoms with Crippen LogP contribution in [0.5, 0.6) is 0 Å². The number of benzene rings is 1. The Morgan fingerprint density at radius 1 is 1.25 bits per heavy atom. The minimum absolute atomic E-state index is 0.0822. The van der Waals surface area contributed by atoms with Crippen molar-refractivity contribution in [1.82, 2.24) is 0 Å². The zero-order valence-corrected chi connectivity index (χ0v) is 11.5. The first kappa shape index (κ1) is 14.8. The molecule has 4 nitrogen and oxygen atoms in total. The Hall–Kier alpha value is -1.62. The third-order valence-electron chi connectivity index (χ3n) is 3.61. The van der Waals surface area contributed by atoms with E-state index in [1.54, 1.807) is 0 Å². The number of carboxylic acids is 1. The Balaban J connectivity index is 2.09. The molecule has 2 rings (SSSR count). The van der Waals surface area contributed by atoms with Gasteiger partial charge >= 0.3 is 5.97 Å². The van der Waals surface area contributed by atoms with Gasteiger partial charge in [0, 0.05) is 5.69 Å². The minimum Gasteiger partial charge on any atom is -0.481 e.